The molecule has 0 aromatic heterocycles. The second-order valence-corrected chi connectivity index (χ2v) is 7.87. The normalized spacial score (nSPS) is 24.3. The lowest BCUT2D eigenvalue weighted by Crippen LogP contribution is -2.68. The average Bonchev–Trinajstić information content (AvgIpc) is 2.48. The van der Waals surface area contributed by atoms with Crippen LogP contribution in [-0.4, -0.2) is 11.4 Å². The number of ether oxygens (including phenoxy) is 1. The van der Waals surface area contributed by atoms with Gasteiger partial charge >= 0.3 is 0 Å². The number of hydrogen-bond donors (Lipinski definition) is 1. The molecule has 1 N–H and O–H groups in total. The topological polar surface area (TPSA) is 38.3 Å². The zero-order valence-corrected chi connectivity index (χ0v) is 14.9. The molecule has 23 heavy (non-hydrogen) atoms. The third kappa shape index (κ3) is 2.96. The van der Waals surface area contributed by atoms with Crippen LogP contribution in [0, 0.1) is 9.49 Å². The summed E-state index contributed by atoms with van der Waals surface area (Å²) in [6.07, 6.45) is 3.43. The minimum absolute atomic E-state index is 0.0115. The molecule has 0 aliphatic heterocycles. The molecule has 118 valence electrons. The molecule has 5 rings (SSSR count). The summed E-state index contributed by atoms with van der Waals surface area (Å²) in [6.45, 7) is 0.467. The Morgan fingerprint density at radius 3 is 2.57 bits per heavy atom. The fourth-order valence-corrected chi connectivity index (χ4v) is 3.94. The fraction of sp³-hybridized carbons (Fsp3) is 0.316. The molecule has 3 saturated carbocycles. The van der Waals surface area contributed by atoms with Crippen LogP contribution in [0.15, 0.2) is 48.5 Å². The van der Waals surface area contributed by atoms with Gasteiger partial charge in [-0.25, -0.2) is 0 Å². The first-order valence-electron chi connectivity index (χ1n) is 7.92. The molecule has 2 bridgehead atoms. The summed E-state index contributed by atoms with van der Waals surface area (Å²) >= 11 is 2.24. The lowest BCUT2D eigenvalue weighted by Gasteiger charge is -2.61. The highest BCUT2D eigenvalue weighted by Crippen LogP contribution is 2.57. The number of benzene rings is 2. The van der Waals surface area contributed by atoms with Gasteiger partial charge in [-0.1, -0.05) is 30.3 Å². The van der Waals surface area contributed by atoms with Crippen LogP contribution in [0.4, 0.5) is 0 Å². The van der Waals surface area contributed by atoms with Gasteiger partial charge in [0.1, 0.15) is 12.4 Å². The van der Waals surface area contributed by atoms with Crippen molar-refractivity contribution in [2.45, 2.75) is 31.4 Å². The molecule has 3 aliphatic rings. The monoisotopic (exact) mass is 419 g/mol. The van der Waals surface area contributed by atoms with E-state index in [1.54, 1.807) is 0 Å². The van der Waals surface area contributed by atoms with Crippen molar-refractivity contribution >= 4 is 28.5 Å². The number of halogens is 1. The summed E-state index contributed by atoms with van der Waals surface area (Å²) in [4.78, 5) is 12.6. The predicted molar refractivity (Wildman–Crippen MR) is 97.5 cm³/mol. The van der Waals surface area contributed by atoms with Gasteiger partial charge in [0, 0.05) is 9.11 Å². The number of hydrogen-bond acceptors (Lipinski definition) is 2. The van der Waals surface area contributed by atoms with Crippen LogP contribution in [-0.2, 0) is 6.61 Å². The Labute approximate surface area is 149 Å². The Balaban J connectivity index is 1.50. The zero-order chi connectivity index (χ0) is 15.9. The van der Waals surface area contributed by atoms with E-state index in [9.17, 15) is 4.79 Å². The number of rotatable bonds is 5. The Hall–Kier alpha value is -1.56. The average molecular weight is 419 g/mol. The number of carbonyl (C=O) groups excluding carboxylic acids is 1. The quantitative estimate of drug-likeness (QED) is 0.740. The molecule has 1 amide bonds. The van der Waals surface area contributed by atoms with Gasteiger partial charge in [0.15, 0.2) is 0 Å². The summed E-state index contributed by atoms with van der Waals surface area (Å²) in [5.41, 5.74) is 1.81. The highest BCUT2D eigenvalue weighted by Gasteiger charge is 2.57. The van der Waals surface area contributed by atoms with Crippen LogP contribution in [0.1, 0.15) is 35.2 Å². The van der Waals surface area contributed by atoms with Gasteiger partial charge in [-0.15, -0.1) is 0 Å². The minimum Gasteiger partial charge on any atom is -0.488 e. The lowest BCUT2D eigenvalue weighted by atomic mass is 9.50. The minimum atomic E-state index is -0.0115. The van der Waals surface area contributed by atoms with Gasteiger partial charge in [0.05, 0.1) is 5.56 Å². The maximum absolute atomic E-state index is 12.6. The molecule has 0 atom stereocenters. The standard InChI is InChI=1S/C19H18INO2/c20-15-6-7-16(18(22)21-19-9-14(10-19)11-19)17(8-15)23-12-13-4-2-1-3-5-13/h1-8,14H,9-12H2,(H,21,22). The maximum Gasteiger partial charge on any atom is 0.255 e. The van der Waals surface area contributed by atoms with E-state index in [1.165, 1.54) is 0 Å². The van der Waals surface area contributed by atoms with Crippen molar-refractivity contribution in [1.82, 2.24) is 5.32 Å². The summed E-state index contributed by atoms with van der Waals surface area (Å²) < 4.78 is 7.00. The highest BCUT2D eigenvalue weighted by molar-refractivity contribution is 14.1. The van der Waals surface area contributed by atoms with Gasteiger partial charge in [-0.3, -0.25) is 4.79 Å². The SMILES string of the molecule is O=C(NC12CC(C1)C2)c1ccc(I)cc1OCc1ccccc1. The third-order valence-electron chi connectivity index (χ3n) is 4.84. The van der Waals surface area contributed by atoms with Crippen molar-refractivity contribution in [3.63, 3.8) is 0 Å². The van der Waals surface area contributed by atoms with Gasteiger partial charge in [0.2, 0.25) is 0 Å². The fourth-order valence-electron chi connectivity index (χ4n) is 3.48. The molecular formula is C19H18INO2. The van der Waals surface area contributed by atoms with Crippen LogP contribution in [0.2, 0.25) is 0 Å². The summed E-state index contributed by atoms with van der Waals surface area (Å²) in [5.74, 6) is 1.49. The second-order valence-electron chi connectivity index (χ2n) is 6.63. The highest BCUT2D eigenvalue weighted by atomic mass is 127. The van der Waals surface area contributed by atoms with Crippen molar-refractivity contribution in [3.05, 3.63) is 63.2 Å². The first-order chi connectivity index (χ1) is 11.1. The molecule has 2 aromatic carbocycles. The third-order valence-corrected chi connectivity index (χ3v) is 5.51. The van der Waals surface area contributed by atoms with Crippen LogP contribution in [0.25, 0.3) is 0 Å². The number of carbonyl (C=O) groups is 1. The van der Waals surface area contributed by atoms with Crippen LogP contribution < -0.4 is 10.1 Å². The Bertz CT molecular complexity index is 727. The van der Waals surface area contributed by atoms with Gasteiger partial charge in [0.25, 0.3) is 5.91 Å². The van der Waals surface area contributed by atoms with Crippen molar-refractivity contribution in [2.24, 2.45) is 5.92 Å². The molecular weight excluding hydrogens is 401 g/mol. The molecule has 0 unspecified atom stereocenters. The molecule has 0 spiro atoms. The molecule has 0 saturated heterocycles. The molecule has 3 nitrogen and oxygen atoms in total. The van der Waals surface area contributed by atoms with E-state index in [0.29, 0.717) is 17.9 Å². The van der Waals surface area contributed by atoms with E-state index in [1.807, 2.05) is 48.5 Å². The van der Waals surface area contributed by atoms with Gasteiger partial charge < -0.3 is 10.1 Å². The smallest absolute Gasteiger partial charge is 0.255 e. The lowest BCUT2D eigenvalue weighted by molar-refractivity contribution is -0.0439. The van der Waals surface area contributed by atoms with Crippen molar-refractivity contribution in [2.75, 3.05) is 0 Å². The van der Waals surface area contributed by atoms with Crippen molar-refractivity contribution in [1.29, 1.82) is 0 Å². The van der Waals surface area contributed by atoms with E-state index in [4.69, 9.17) is 4.74 Å². The number of nitrogens with one attached hydrogen (secondary N) is 1. The molecule has 3 aliphatic carbocycles. The first kappa shape index (κ1) is 15.0. The van der Waals surface area contributed by atoms with Gasteiger partial charge in [-0.05, 0) is 71.5 Å². The molecule has 2 aromatic rings. The molecule has 0 heterocycles. The van der Waals surface area contributed by atoms with Crippen molar-refractivity contribution in [3.8, 4) is 5.75 Å². The van der Waals surface area contributed by atoms with E-state index >= 15 is 0 Å². The second kappa shape index (κ2) is 5.82. The molecule has 4 heteroatoms. The molecule has 0 radical (unpaired) electrons. The zero-order valence-electron chi connectivity index (χ0n) is 12.7. The van der Waals surface area contributed by atoms with E-state index < -0.39 is 0 Å². The largest absolute Gasteiger partial charge is 0.488 e. The number of amides is 1. The summed E-state index contributed by atoms with van der Waals surface area (Å²) in [5, 5.41) is 3.21. The van der Waals surface area contributed by atoms with E-state index in [-0.39, 0.29) is 11.4 Å². The van der Waals surface area contributed by atoms with Crippen LogP contribution >= 0.6 is 22.6 Å². The summed E-state index contributed by atoms with van der Waals surface area (Å²) in [7, 11) is 0. The molecule has 3 fully saturated rings. The van der Waals surface area contributed by atoms with Gasteiger partial charge in [-0.2, -0.15) is 0 Å². The Kier molecular flexibility index (Phi) is 3.79. The Morgan fingerprint density at radius 1 is 1.17 bits per heavy atom. The van der Waals surface area contributed by atoms with Crippen LogP contribution in [0.5, 0.6) is 5.75 Å². The van der Waals surface area contributed by atoms with Crippen LogP contribution in [0.3, 0.4) is 0 Å². The summed E-state index contributed by atoms with van der Waals surface area (Å²) in [6, 6.07) is 15.8. The van der Waals surface area contributed by atoms with E-state index in [0.717, 1.165) is 34.3 Å². The van der Waals surface area contributed by atoms with E-state index in [2.05, 4.69) is 27.9 Å². The van der Waals surface area contributed by atoms with Crippen molar-refractivity contribution < 1.29 is 9.53 Å². The maximum atomic E-state index is 12.6. The Morgan fingerprint density at radius 2 is 1.91 bits per heavy atom. The predicted octanol–water partition coefficient (Wildman–Crippen LogP) is 4.15. The first-order valence-corrected chi connectivity index (χ1v) is 9.00.